The van der Waals surface area contributed by atoms with E-state index in [1.165, 1.54) is 19.1 Å². The van der Waals surface area contributed by atoms with Gasteiger partial charge in [-0.05, 0) is 13.8 Å². The molecule has 0 aromatic heterocycles. The van der Waals surface area contributed by atoms with Crippen LogP contribution in [0.2, 0.25) is 0 Å². The minimum atomic E-state index is -3.76. The third-order valence-electron chi connectivity index (χ3n) is 1.95. The molecule has 1 aromatic carbocycles. The first kappa shape index (κ1) is 12.4. The number of hydrogen-bond acceptors (Lipinski definition) is 5. The van der Waals surface area contributed by atoms with Crippen LogP contribution in [0.3, 0.4) is 0 Å². The maximum Gasteiger partial charge on any atom is 0.312 e. The first-order valence-corrected chi connectivity index (χ1v) is 6.11. The summed E-state index contributed by atoms with van der Waals surface area (Å²) in [7, 11) is -3.76. The Labute approximate surface area is 93.1 Å². The molecule has 0 aliphatic rings. The summed E-state index contributed by atoms with van der Waals surface area (Å²) in [5.41, 5.74) is 0.0586. The molecule has 16 heavy (non-hydrogen) atoms. The van der Waals surface area contributed by atoms with E-state index < -0.39 is 15.0 Å². The highest BCUT2D eigenvalue weighted by molar-refractivity contribution is 7.87. The van der Waals surface area contributed by atoms with Crippen molar-refractivity contribution in [3.8, 4) is 5.75 Å². The molecule has 6 nitrogen and oxygen atoms in total. The van der Waals surface area contributed by atoms with Crippen LogP contribution in [-0.2, 0) is 10.1 Å². The molecule has 0 bridgehead atoms. The van der Waals surface area contributed by atoms with Crippen LogP contribution in [0, 0.1) is 17.0 Å². The molecule has 1 aromatic rings. The standard InChI is InChI=1S/C9H11NO5S/c1-3-16(13,14)15-9-7(2)5-4-6-8(9)10(11)12/h4-6H,3H2,1-2H3. The second-order valence-corrected chi connectivity index (χ2v) is 4.97. The number of nitrogens with zero attached hydrogens (tertiary/aromatic N) is 1. The Morgan fingerprint density at radius 1 is 1.44 bits per heavy atom. The number of aryl methyl sites for hydroxylation is 1. The fourth-order valence-corrected chi connectivity index (χ4v) is 1.66. The second kappa shape index (κ2) is 4.48. The summed E-state index contributed by atoms with van der Waals surface area (Å²) in [5, 5.41) is 10.7. The molecule has 0 amide bonds. The van der Waals surface area contributed by atoms with Gasteiger partial charge in [-0.25, -0.2) is 0 Å². The highest BCUT2D eigenvalue weighted by atomic mass is 32.2. The van der Waals surface area contributed by atoms with Crippen LogP contribution in [0.4, 0.5) is 5.69 Å². The summed E-state index contributed by atoms with van der Waals surface area (Å²) >= 11 is 0. The van der Waals surface area contributed by atoms with E-state index in [0.717, 1.165) is 0 Å². The van der Waals surface area contributed by atoms with Gasteiger partial charge in [0.1, 0.15) is 0 Å². The molecule has 0 radical (unpaired) electrons. The number of rotatable bonds is 4. The van der Waals surface area contributed by atoms with Crippen LogP contribution in [0.1, 0.15) is 12.5 Å². The molecule has 88 valence electrons. The Morgan fingerprint density at radius 2 is 2.06 bits per heavy atom. The lowest BCUT2D eigenvalue weighted by molar-refractivity contribution is -0.385. The molecule has 0 aliphatic carbocycles. The summed E-state index contributed by atoms with van der Waals surface area (Å²) in [6.45, 7) is 2.95. The summed E-state index contributed by atoms with van der Waals surface area (Å²) in [6, 6.07) is 4.22. The highest BCUT2D eigenvalue weighted by Crippen LogP contribution is 2.31. The molecule has 0 saturated heterocycles. The molecule has 0 saturated carbocycles. The van der Waals surface area contributed by atoms with Gasteiger partial charge in [0.2, 0.25) is 5.75 Å². The lowest BCUT2D eigenvalue weighted by Gasteiger charge is -2.07. The van der Waals surface area contributed by atoms with E-state index in [9.17, 15) is 18.5 Å². The average molecular weight is 245 g/mol. The first-order chi connectivity index (χ1) is 7.37. The maximum atomic E-state index is 11.3. The van der Waals surface area contributed by atoms with Crippen molar-refractivity contribution >= 4 is 15.8 Å². The molecule has 0 aliphatic heterocycles. The number of hydrogen-bond donors (Lipinski definition) is 0. The second-order valence-electron chi connectivity index (χ2n) is 3.11. The third kappa shape index (κ3) is 2.69. The summed E-state index contributed by atoms with van der Waals surface area (Å²) in [6.07, 6.45) is 0. The molecule has 0 unspecified atom stereocenters. The quantitative estimate of drug-likeness (QED) is 0.457. The highest BCUT2D eigenvalue weighted by Gasteiger charge is 2.21. The topological polar surface area (TPSA) is 86.5 Å². The van der Waals surface area contributed by atoms with Crippen molar-refractivity contribution in [3.05, 3.63) is 33.9 Å². The molecule has 0 heterocycles. The molecule has 0 atom stereocenters. The van der Waals surface area contributed by atoms with Crippen molar-refractivity contribution in [3.63, 3.8) is 0 Å². The van der Waals surface area contributed by atoms with Crippen molar-refractivity contribution in [2.24, 2.45) is 0 Å². The molecule has 1 rings (SSSR count). The van der Waals surface area contributed by atoms with Crippen LogP contribution in [-0.4, -0.2) is 19.1 Å². The van der Waals surface area contributed by atoms with Gasteiger partial charge in [0.05, 0.1) is 10.7 Å². The summed E-state index contributed by atoms with van der Waals surface area (Å²) < 4.78 is 27.2. The van der Waals surface area contributed by atoms with E-state index in [-0.39, 0.29) is 17.2 Å². The van der Waals surface area contributed by atoms with Gasteiger partial charge in [0.25, 0.3) is 0 Å². The Hall–Kier alpha value is -1.63. The average Bonchev–Trinajstić information content (AvgIpc) is 2.20. The van der Waals surface area contributed by atoms with Gasteiger partial charge in [-0.1, -0.05) is 12.1 Å². The number of benzene rings is 1. The lowest BCUT2D eigenvalue weighted by Crippen LogP contribution is -2.13. The van der Waals surface area contributed by atoms with Crippen molar-refractivity contribution in [1.82, 2.24) is 0 Å². The molecular weight excluding hydrogens is 234 g/mol. The van der Waals surface area contributed by atoms with E-state index >= 15 is 0 Å². The molecule has 0 fully saturated rings. The predicted molar refractivity (Wildman–Crippen MR) is 57.9 cm³/mol. The minimum Gasteiger partial charge on any atom is -0.375 e. The monoisotopic (exact) mass is 245 g/mol. The summed E-state index contributed by atoms with van der Waals surface area (Å²) in [5.74, 6) is -0.451. The first-order valence-electron chi connectivity index (χ1n) is 4.53. The van der Waals surface area contributed by atoms with E-state index in [4.69, 9.17) is 4.18 Å². The molecule has 7 heteroatoms. The predicted octanol–water partition coefficient (Wildman–Crippen LogP) is 1.63. The van der Waals surface area contributed by atoms with Crippen molar-refractivity contribution in [2.75, 3.05) is 5.75 Å². The Morgan fingerprint density at radius 3 is 2.56 bits per heavy atom. The van der Waals surface area contributed by atoms with E-state index in [1.807, 2.05) is 0 Å². The van der Waals surface area contributed by atoms with Gasteiger partial charge in [-0.2, -0.15) is 8.42 Å². The van der Waals surface area contributed by atoms with Gasteiger partial charge < -0.3 is 4.18 Å². The normalized spacial score (nSPS) is 11.1. The van der Waals surface area contributed by atoms with Gasteiger partial charge >= 0.3 is 15.8 Å². The zero-order chi connectivity index (χ0) is 12.3. The number of para-hydroxylation sites is 1. The number of nitro benzene ring substituents is 1. The Kier molecular flexibility index (Phi) is 3.48. The lowest BCUT2D eigenvalue weighted by atomic mass is 10.2. The van der Waals surface area contributed by atoms with Crippen molar-refractivity contribution in [1.29, 1.82) is 0 Å². The molecular formula is C9H11NO5S. The summed E-state index contributed by atoms with van der Waals surface area (Å²) in [4.78, 5) is 10.0. The van der Waals surface area contributed by atoms with E-state index in [1.54, 1.807) is 13.0 Å². The SMILES string of the molecule is CCS(=O)(=O)Oc1c(C)cccc1[N+](=O)[O-]. The maximum absolute atomic E-state index is 11.3. The Bertz CT molecular complexity index is 509. The van der Waals surface area contributed by atoms with Crippen LogP contribution < -0.4 is 4.18 Å². The largest absolute Gasteiger partial charge is 0.375 e. The Balaban J connectivity index is 3.27. The zero-order valence-corrected chi connectivity index (χ0v) is 9.65. The van der Waals surface area contributed by atoms with Crippen LogP contribution in [0.5, 0.6) is 5.75 Å². The third-order valence-corrected chi connectivity index (χ3v) is 3.08. The fraction of sp³-hybridized carbons (Fsp3) is 0.333. The van der Waals surface area contributed by atoms with Gasteiger partial charge in [0.15, 0.2) is 0 Å². The van der Waals surface area contributed by atoms with Crippen molar-refractivity contribution < 1.29 is 17.5 Å². The van der Waals surface area contributed by atoms with Crippen LogP contribution >= 0.6 is 0 Å². The minimum absolute atomic E-state index is 0.214. The molecule has 0 spiro atoms. The smallest absolute Gasteiger partial charge is 0.312 e. The van der Waals surface area contributed by atoms with E-state index in [2.05, 4.69) is 0 Å². The van der Waals surface area contributed by atoms with E-state index in [0.29, 0.717) is 5.56 Å². The van der Waals surface area contributed by atoms with Crippen molar-refractivity contribution in [2.45, 2.75) is 13.8 Å². The van der Waals surface area contributed by atoms with Gasteiger partial charge in [-0.15, -0.1) is 0 Å². The van der Waals surface area contributed by atoms with Crippen LogP contribution in [0.15, 0.2) is 18.2 Å². The van der Waals surface area contributed by atoms with Gasteiger partial charge in [-0.3, -0.25) is 10.1 Å². The fourth-order valence-electron chi connectivity index (χ4n) is 1.08. The number of nitro groups is 1. The molecule has 0 N–H and O–H groups in total. The van der Waals surface area contributed by atoms with Crippen LogP contribution in [0.25, 0.3) is 0 Å². The zero-order valence-electron chi connectivity index (χ0n) is 8.84. The van der Waals surface area contributed by atoms with Gasteiger partial charge in [0, 0.05) is 11.6 Å².